The van der Waals surface area contributed by atoms with Gasteiger partial charge in [0.1, 0.15) is 17.3 Å². The van der Waals surface area contributed by atoms with Crippen molar-refractivity contribution in [3.8, 4) is 11.5 Å². The number of β-amino-alcohol motifs (C(OH)–C–C–N with tert-alkyl or cyclic N) is 1. The topological polar surface area (TPSA) is 55.1 Å². The van der Waals surface area contributed by atoms with Crippen molar-refractivity contribution in [2.45, 2.75) is 19.2 Å². The van der Waals surface area contributed by atoms with Gasteiger partial charge in [0.05, 0.1) is 33.1 Å². The highest BCUT2D eigenvalue weighted by Crippen LogP contribution is 2.39. The normalized spacial score (nSPS) is 18.3. The first-order chi connectivity index (χ1) is 10.2. The minimum atomic E-state index is -0.603. The van der Waals surface area contributed by atoms with Crippen LogP contribution in [0.1, 0.15) is 23.0 Å². The number of furan rings is 1. The Balaban J connectivity index is 1.92. The van der Waals surface area contributed by atoms with Gasteiger partial charge in [-0.3, -0.25) is 4.90 Å². The van der Waals surface area contributed by atoms with E-state index in [-0.39, 0.29) is 0 Å². The van der Waals surface area contributed by atoms with Gasteiger partial charge in [-0.05, 0) is 24.3 Å². The van der Waals surface area contributed by atoms with E-state index >= 15 is 0 Å². The molecule has 2 heterocycles. The fraction of sp³-hybridized carbons (Fsp3) is 0.375. The average Bonchev–Trinajstić information content (AvgIpc) is 2.99. The van der Waals surface area contributed by atoms with Crippen LogP contribution in [0, 0.1) is 0 Å². The molecule has 1 N–H and O–H groups in total. The van der Waals surface area contributed by atoms with Gasteiger partial charge in [0, 0.05) is 24.2 Å². The molecule has 1 aliphatic rings. The Bertz CT molecular complexity index is 609. The summed E-state index contributed by atoms with van der Waals surface area (Å²) in [5, 5.41) is 10.5. The molecule has 0 spiro atoms. The molecule has 5 heteroatoms. The van der Waals surface area contributed by atoms with E-state index in [1.807, 2.05) is 24.3 Å². The predicted octanol–water partition coefficient (Wildman–Crippen LogP) is 2.35. The molecule has 1 aliphatic heterocycles. The quantitative estimate of drug-likeness (QED) is 0.936. The van der Waals surface area contributed by atoms with Crippen molar-refractivity contribution in [1.82, 2.24) is 4.90 Å². The van der Waals surface area contributed by atoms with E-state index in [0.29, 0.717) is 25.4 Å². The van der Waals surface area contributed by atoms with Crippen LogP contribution < -0.4 is 9.47 Å². The number of hydrogen-bond acceptors (Lipinski definition) is 5. The minimum absolute atomic E-state index is 0.539. The molecule has 0 aliphatic carbocycles. The third-order valence-electron chi connectivity index (χ3n) is 3.82. The van der Waals surface area contributed by atoms with E-state index in [9.17, 15) is 5.11 Å². The van der Waals surface area contributed by atoms with Crippen LogP contribution in [-0.4, -0.2) is 30.8 Å². The Morgan fingerprint density at radius 1 is 1.24 bits per heavy atom. The van der Waals surface area contributed by atoms with E-state index in [1.54, 1.807) is 20.5 Å². The van der Waals surface area contributed by atoms with Gasteiger partial charge in [0.25, 0.3) is 0 Å². The molecule has 1 unspecified atom stereocenters. The monoisotopic (exact) mass is 289 g/mol. The predicted molar refractivity (Wildman–Crippen MR) is 77.3 cm³/mol. The number of rotatable bonds is 4. The SMILES string of the molecule is COc1ccc(OC)c2c1CN(Cc1ccco1)CC2O. The second-order valence-electron chi connectivity index (χ2n) is 5.13. The summed E-state index contributed by atoms with van der Waals surface area (Å²) in [6.07, 6.45) is 1.06. The molecule has 5 nitrogen and oxygen atoms in total. The van der Waals surface area contributed by atoms with Gasteiger partial charge < -0.3 is 19.0 Å². The van der Waals surface area contributed by atoms with Crippen molar-refractivity contribution >= 4 is 0 Å². The van der Waals surface area contributed by atoms with Crippen molar-refractivity contribution in [3.63, 3.8) is 0 Å². The molecule has 0 fully saturated rings. The smallest absolute Gasteiger partial charge is 0.125 e. The molecule has 0 amide bonds. The molecule has 0 saturated carbocycles. The summed E-state index contributed by atoms with van der Waals surface area (Å²) >= 11 is 0. The van der Waals surface area contributed by atoms with E-state index in [1.165, 1.54) is 0 Å². The maximum Gasteiger partial charge on any atom is 0.125 e. The van der Waals surface area contributed by atoms with Gasteiger partial charge >= 0.3 is 0 Å². The van der Waals surface area contributed by atoms with Crippen LogP contribution in [0.25, 0.3) is 0 Å². The Kier molecular flexibility index (Phi) is 3.86. The lowest BCUT2D eigenvalue weighted by atomic mass is 9.95. The zero-order valence-corrected chi connectivity index (χ0v) is 12.2. The van der Waals surface area contributed by atoms with Crippen LogP contribution in [0.2, 0.25) is 0 Å². The van der Waals surface area contributed by atoms with Crippen LogP contribution in [-0.2, 0) is 13.1 Å². The molecule has 1 aromatic carbocycles. The number of aliphatic hydroxyl groups excluding tert-OH is 1. The highest BCUT2D eigenvalue weighted by Gasteiger charge is 2.29. The third-order valence-corrected chi connectivity index (χ3v) is 3.82. The lowest BCUT2D eigenvalue weighted by Gasteiger charge is -2.33. The highest BCUT2D eigenvalue weighted by atomic mass is 16.5. The van der Waals surface area contributed by atoms with E-state index in [4.69, 9.17) is 13.9 Å². The second-order valence-corrected chi connectivity index (χ2v) is 5.13. The largest absolute Gasteiger partial charge is 0.496 e. The number of ether oxygens (including phenoxy) is 2. The van der Waals surface area contributed by atoms with Crippen molar-refractivity contribution < 1.29 is 19.0 Å². The zero-order chi connectivity index (χ0) is 14.8. The summed E-state index contributed by atoms with van der Waals surface area (Å²) in [7, 11) is 3.25. The Morgan fingerprint density at radius 2 is 2.00 bits per heavy atom. The Labute approximate surface area is 123 Å². The molecule has 21 heavy (non-hydrogen) atoms. The molecule has 1 atom stereocenters. The van der Waals surface area contributed by atoms with Gasteiger partial charge in [-0.1, -0.05) is 0 Å². The lowest BCUT2D eigenvalue weighted by molar-refractivity contribution is 0.0803. The van der Waals surface area contributed by atoms with Crippen molar-refractivity contribution in [2.75, 3.05) is 20.8 Å². The van der Waals surface area contributed by atoms with Crippen LogP contribution >= 0.6 is 0 Å². The average molecular weight is 289 g/mol. The first kappa shape index (κ1) is 14.0. The highest BCUT2D eigenvalue weighted by molar-refractivity contribution is 5.51. The number of benzene rings is 1. The summed E-state index contributed by atoms with van der Waals surface area (Å²) in [6.45, 7) is 1.88. The third kappa shape index (κ3) is 2.62. The molecular formula is C16H19NO4. The van der Waals surface area contributed by atoms with Gasteiger partial charge in [-0.2, -0.15) is 0 Å². The van der Waals surface area contributed by atoms with Gasteiger partial charge in [-0.25, -0.2) is 0 Å². The number of hydrogen-bond donors (Lipinski definition) is 1. The maximum absolute atomic E-state index is 10.5. The fourth-order valence-electron chi connectivity index (χ4n) is 2.89. The Hall–Kier alpha value is -1.98. The molecule has 0 bridgehead atoms. The van der Waals surface area contributed by atoms with Gasteiger partial charge in [0.15, 0.2) is 0 Å². The fourth-order valence-corrected chi connectivity index (χ4v) is 2.89. The molecule has 1 aromatic heterocycles. The van der Waals surface area contributed by atoms with Crippen molar-refractivity contribution in [2.24, 2.45) is 0 Å². The van der Waals surface area contributed by atoms with Gasteiger partial charge in [-0.15, -0.1) is 0 Å². The molecule has 112 valence electrons. The van der Waals surface area contributed by atoms with Crippen LogP contribution in [0.5, 0.6) is 11.5 Å². The summed E-state index contributed by atoms with van der Waals surface area (Å²) in [6, 6.07) is 7.52. The van der Waals surface area contributed by atoms with Gasteiger partial charge in [0.2, 0.25) is 0 Å². The first-order valence-electron chi connectivity index (χ1n) is 6.89. The summed E-state index contributed by atoms with van der Waals surface area (Å²) in [5.74, 6) is 2.36. The molecule has 0 saturated heterocycles. The van der Waals surface area contributed by atoms with E-state index in [2.05, 4.69) is 4.90 Å². The first-order valence-corrected chi connectivity index (χ1v) is 6.89. The lowest BCUT2D eigenvalue weighted by Crippen LogP contribution is -2.33. The summed E-state index contributed by atoms with van der Waals surface area (Å²) in [4.78, 5) is 2.13. The number of methoxy groups -OCH3 is 2. The summed E-state index contributed by atoms with van der Waals surface area (Å²) in [5.41, 5.74) is 1.80. The second kappa shape index (κ2) is 5.79. The van der Waals surface area contributed by atoms with Crippen molar-refractivity contribution in [1.29, 1.82) is 0 Å². The van der Waals surface area contributed by atoms with E-state index in [0.717, 1.165) is 22.6 Å². The molecular weight excluding hydrogens is 270 g/mol. The number of aliphatic hydroxyl groups is 1. The zero-order valence-electron chi connectivity index (χ0n) is 12.2. The van der Waals surface area contributed by atoms with Crippen LogP contribution in [0.3, 0.4) is 0 Å². The van der Waals surface area contributed by atoms with Crippen molar-refractivity contribution in [3.05, 3.63) is 47.4 Å². The van der Waals surface area contributed by atoms with Crippen LogP contribution in [0.15, 0.2) is 34.9 Å². The molecule has 3 rings (SSSR count). The Morgan fingerprint density at radius 3 is 2.67 bits per heavy atom. The molecule has 0 radical (unpaired) electrons. The summed E-state index contributed by atoms with van der Waals surface area (Å²) < 4.78 is 16.2. The van der Waals surface area contributed by atoms with E-state index < -0.39 is 6.10 Å². The number of nitrogens with zero attached hydrogens (tertiary/aromatic N) is 1. The minimum Gasteiger partial charge on any atom is -0.496 e. The molecule has 2 aromatic rings. The standard InChI is InChI=1S/C16H19NO4/c1-19-14-5-6-15(20-2)16-12(14)9-17(10-13(16)18)8-11-4-3-7-21-11/h3-7,13,18H,8-10H2,1-2H3. The van der Waals surface area contributed by atoms with Crippen LogP contribution in [0.4, 0.5) is 0 Å². The number of fused-ring (bicyclic) bond motifs is 1. The maximum atomic E-state index is 10.5.